The van der Waals surface area contributed by atoms with Crippen molar-refractivity contribution in [3.8, 4) is 11.5 Å². The number of aryl methyl sites for hydroxylation is 2. The van der Waals surface area contributed by atoms with Crippen molar-refractivity contribution in [1.29, 1.82) is 0 Å². The van der Waals surface area contributed by atoms with Crippen LogP contribution in [0, 0.1) is 24.0 Å². The molecule has 2 aromatic carbocycles. The SMILES string of the molecule is COc1cc(C(C)=O)ccc1OCC(=O)Nc1cc(C)c(C)cc1[N+](=O)[O-]. The van der Waals surface area contributed by atoms with E-state index in [0.717, 1.165) is 11.1 Å². The van der Waals surface area contributed by atoms with Crippen LogP contribution in [0.1, 0.15) is 28.4 Å². The van der Waals surface area contributed by atoms with Gasteiger partial charge in [-0.15, -0.1) is 0 Å². The van der Waals surface area contributed by atoms with Crippen LogP contribution in [-0.2, 0) is 4.79 Å². The van der Waals surface area contributed by atoms with Gasteiger partial charge in [0.05, 0.1) is 12.0 Å². The minimum Gasteiger partial charge on any atom is -0.493 e. The molecule has 0 aliphatic rings. The Hall–Kier alpha value is -3.42. The summed E-state index contributed by atoms with van der Waals surface area (Å²) in [7, 11) is 1.42. The third kappa shape index (κ3) is 4.81. The number of Topliss-reactive ketones (excluding diaryl/α,β-unsaturated/α-hetero) is 1. The van der Waals surface area contributed by atoms with Crippen LogP contribution in [0.25, 0.3) is 0 Å². The van der Waals surface area contributed by atoms with Gasteiger partial charge >= 0.3 is 0 Å². The van der Waals surface area contributed by atoms with Crippen molar-refractivity contribution >= 4 is 23.1 Å². The second-order valence-electron chi connectivity index (χ2n) is 5.97. The predicted molar refractivity (Wildman–Crippen MR) is 99.7 cm³/mol. The highest BCUT2D eigenvalue weighted by molar-refractivity contribution is 5.95. The number of ether oxygens (including phenoxy) is 2. The first kappa shape index (κ1) is 19.9. The van der Waals surface area contributed by atoms with Crippen LogP contribution in [0.4, 0.5) is 11.4 Å². The number of benzene rings is 2. The minimum atomic E-state index is -0.556. The number of carbonyl (C=O) groups excluding carboxylic acids is 2. The highest BCUT2D eigenvalue weighted by Gasteiger charge is 2.18. The Bertz CT molecular complexity index is 907. The van der Waals surface area contributed by atoms with E-state index < -0.39 is 10.8 Å². The zero-order chi connectivity index (χ0) is 20.1. The monoisotopic (exact) mass is 372 g/mol. The van der Waals surface area contributed by atoms with E-state index in [1.807, 2.05) is 0 Å². The summed E-state index contributed by atoms with van der Waals surface area (Å²) in [4.78, 5) is 34.2. The van der Waals surface area contributed by atoms with Gasteiger partial charge in [0.25, 0.3) is 11.6 Å². The zero-order valence-corrected chi connectivity index (χ0v) is 15.5. The molecular formula is C19H20N2O6. The van der Waals surface area contributed by atoms with Crippen molar-refractivity contribution in [2.24, 2.45) is 0 Å². The van der Waals surface area contributed by atoms with Gasteiger partial charge in [0.2, 0.25) is 0 Å². The number of nitro groups is 1. The number of nitro benzene ring substituents is 1. The summed E-state index contributed by atoms with van der Waals surface area (Å²) in [6.07, 6.45) is 0. The molecule has 0 aromatic heterocycles. The van der Waals surface area contributed by atoms with Gasteiger partial charge in [0, 0.05) is 11.6 Å². The lowest BCUT2D eigenvalue weighted by atomic mass is 10.1. The van der Waals surface area contributed by atoms with Crippen molar-refractivity contribution in [3.63, 3.8) is 0 Å². The number of anilines is 1. The number of nitrogens with zero attached hydrogens (tertiary/aromatic N) is 1. The molecule has 8 nitrogen and oxygen atoms in total. The summed E-state index contributed by atoms with van der Waals surface area (Å²) < 4.78 is 10.6. The van der Waals surface area contributed by atoms with Gasteiger partial charge in [-0.1, -0.05) is 0 Å². The molecule has 1 N–H and O–H groups in total. The van der Waals surface area contributed by atoms with Crippen molar-refractivity contribution in [2.45, 2.75) is 20.8 Å². The van der Waals surface area contributed by atoms with Crippen molar-refractivity contribution in [2.75, 3.05) is 19.0 Å². The van der Waals surface area contributed by atoms with Crippen LogP contribution in [0.2, 0.25) is 0 Å². The molecule has 8 heteroatoms. The van der Waals surface area contributed by atoms with E-state index >= 15 is 0 Å². The zero-order valence-electron chi connectivity index (χ0n) is 15.5. The summed E-state index contributed by atoms with van der Waals surface area (Å²) in [5, 5.41) is 13.7. The predicted octanol–water partition coefficient (Wildman–Crippen LogP) is 3.44. The smallest absolute Gasteiger partial charge is 0.293 e. The maximum absolute atomic E-state index is 12.2. The summed E-state index contributed by atoms with van der Waals surface area (Å²) in [5.74, 6) is -0.0846. The second kappa shape index (κ2) is 8.31. The molecule has 27 heavy (non-hydrogen) atoms. The molecule has 2 aromatic rings. The number of hydrogen-bond acceptors (Lipinski definition) is 6. The Morgan fingerprint density at radius 1 is 1.11 bits per heavy atom. The van der Waals surface area contributed by atoms with Crippen LogP contribution in [-0.4, -0.2) is 30.3 Å². The van der Waals surface area contributed by atoms with Crippen molar-refractivity contribution < 1.29 is 24.0 Å². The molecule has 0 heterocycles. The lowest BCUT2D eigenvalue weighted by molar-refractivity contribution is -0.384. The van der Waals surface area contributed by atoms with Crippen LogP contribution >= 0.6 is 0 Å². The van der Waals surface area contributed by atoms with Crippen LogP contribution < -0.4 is 14.8 Å². The average molecular weight is 372 g/mol. The van der Waals surface area contributed by atoms with Gasteiger partial charge in [-0.05, 0) is 56.2 Å². The largest absolute Gasteiger partial charge is 0.493 e. The van der Waals surface area contributed by atoms with Crippen LogP contribution in [0.5, 0.6) is 11.5 Å². The van der Waals surface area contributed by atoms with Gasteiger partial charge in [-0.2, -0.15) is 0 Å². The summed E-state index contributed by atoms with van der Waals surface area (Å²) in [6, 6.07) is 7.57. The van der Waals surface area contributed by atoms with Gasteiger partial charge < -0.3 is 14.8 Å². The number of nitrogens with one attached hydrogen (secondary N) is 1. The van der Waals surface area contributed by atoms with Crippen molar-refractivity contribution in [3.05, 3.63) is 57.1 Å². The Balaban J connectivity index is 2.13. The molecule has 142 valence electrons. The normalized spacial score (nSPS) is 10.2. The van der Waals surface area contributed by atoms with Gasteiger partial charge in [0.15, 0.2) is 23.9 Å². The van der Waals surface area contributed by atoms with E-state index in [9.17, 15) is 19.7 Å². The lowest BCUT2D eigenvalue weighted by Crippen LogP contribution is -2.21. The molecule has 0 unspecified atom stereocenters. The summed E-state index contributed by atoms with van der Waals surface area (Å²) in [6.45, 7) is 4.61. The molecule has 0 aliphatic carbocycles. The van der Waals surface area contributed by atoms with E-state index in [1.54, 1.807) is 26.0 Å². The third-order valence-electron chi connectivity index (χ3n) is 4.01. The molecule has 1 amide bonds. The Morgan fingerprint density at radius 3 is 2.37 bits per heavy atom. The van der Waals surface area contributed by atoms with E-state index in [2.05, 4.69) is 5.32 Å². The molecule has 0 aliphatic heterocycles. The van der Waals surface area contributed by atoms with Gasteiger partial charge in [-0.3, -0.25) is 19.7 Å². The van der Waals surface area contributed by atoms with Crippen LogP contribution in [0.15, 0.2) is 30.3 Å². The van der Waals surface area contributed by atoms with E-state index in [-0.39, 0.29) is 29.5 Å². The first-order valence-electron chi connectivity index (χ1n) is 8.10. The Kier molecular flexibility index (Phi) is 6.12. The fourth-order valence-electron chi connectivity index (χ4n) is 2.39. The molecule has 2 rings (SSSR count). The van der Waals surface area contributed by atoms with Gasteiger partial charge in [-0.25, -0.2) is 0 Å². The quantitative estimate of drug-likeness (QED) is 0.453. The molecule has 0 saturated heterocycles. The number of ketones is 1. The highest BCUT2D eigenvalue weighted by Crippen LogP contribution is 2.29. The first-order valence-corrected chi connectivity index (χ1v) is 8.10. The standard InChI is InChI=1S/C19H20N2O6/c1-11-7-15(16(21(24)25)8-12(11)2)20-19(23)10-27-17-6-5-14(13(3)22)9-18(17)26-4/h5-9H,10H2,1-4H3,(H,20,23). The summed E-state index contributed by atoms with van der Waals surface area (Å²) >= 11 is 0. The number of carbonyl (C=O) groups is 2. The first-order chi connectivity index (χ1) is 12.7. The second-order valence-corrected chi connectivity index (χ2v) is 5.97. The molecule has 0 atom stereocenters. The van der Waals surface area contributed by atoms with E-state index in [0.29, 0.717) is 11.3 Å². The fraction of sp³-hybridized carbons (Fsp3) is 0.263. The third-order valence-corrected chi connectivity index (χ3v) is 4.01. The summed E-state index contributed by atoms with van der Waals surface area (Å²) in [5.41, 5.74) is 1.95. The van der Waals surface area contributed by atoms with E-state index in [1.165, 1.54) is 32.2 Å². The maximum Gasteiger partial charge on any atom is 0.293 e. The molecule has 0 fully saturated rings. The molecule has 0 radical (unpaired) electrons. The fourth-order valence-corrected chi connectivity index (χ4v) is 2.39. The van der Waals surface area contributed by atoms with Gasteiger partial charge in [0.1, 0.15) is 5.69 Å². The Labute approximate surface area is 156 Å². The maximum atomic E-state index is 12.2. The topological polar surface area (TPSA) is 108 Å². The number of methoxy groups -OCH3 is 1. The van der Waals surface area contributed by atoms with Crippen LogP contribution in [0.3, 0.4) is 0 Å². The number of hydrogen-bond donors (Lipinski definition) is 1. The van der Waals surface area contributed by atoms with E-state index in [4.69, 9.17) is 9.47 Å². The molecular weight excluding hydrogens is 352 g/mol. The minimum absolute atomic E-state index is 0.107. The van der Waals surface area contributed by atoms with Crippen molar-refractivity contribution in [1.82, 2.24) is 0 Å². The lowest BCUT2D eigenvalue weighted by Gasteiger charge is -2.12. The molecule has 0 saturated carbocycles. The molecule has 0 bridgehead atoms. The highest BCUT2D eigenvalue weighted by atomic mass is 16.6. The average Bonchev–Trinajstić information content (AvgIpc) is 2.62. The number of amides is 1. The number of rotatable bonds is 7. The Morgan fingerprint density at radius 2 is 1.78 bits per heavy atom. The molecule has 0 spiro atoms.